The first kappa shape index (κ1) is 10.4. The van der Waals surface area contributed by atoms with Gasteiger partial charge in [0.25, 0.3) is 6.43 Å². The van der Waals surface area contributed by atoms with E-state index in [0.717, 1.165) is 6.20 Å². The zero-order chi connectivity index (χ0) is 9.84. The van der Waals surface area contributed by atoms with Gasteiger partial charge in [0.1, 0.15) is 5.75 Å². The summed E-state index contributed by atoms with van der Waals surface area (Å²) in [5.41, 5.74) is 0.365. The first-order valence-electron chi connectivity index (χ1n) is 3.55. The molecule has 0 unspecified atom stereocenters. The van der Waals surface area contributed by atoms with E-state index in [1.807, 2.05) is 0 Å². The van der Waals surface area contributed by atoms with Gasteiger partial charge in [0.05, 0.1) is 13.3 Å². The molecule has 0 aromatic carbocycles. The van der Waals surface area contributed by atoms with Crippen molar-refractivity contribution < 1.29 is 13.5 Å². The lowest BCUT2D eigenvalue weighted by Crippen LogP contribution is -1.97. The summed E-state index contributed by atoms with van der Waals surface area (Å²) in [6.07, 6.45) is 0.0573. The highest BCUT2D eigenvalue weighted by atomic mass is 79.9. The monoisotopic (exact) mass is 251 g/mol. The minimum atomic E-state index is -2.52. The molecule has 0 N–H and O–H groups in total. The molecule has 0 saturated carbocycles. The molecule has 13 heavy (non-hydrogen) atoms. The molecule has 5 heteroatoms. The van der Waals surface area contributed by atoms with Gasteiger partial charge in [-0.1, -0.05) is 15.9 Å². The number of aromatic nitrogens is 1. The number of halogens is 3. The lowest BCUT2D eigenvalue weighted by atomic mass is 10.1. The zero-order valence-electron chi connectivity index (χ0n) is 6.93. The first-order chi connectivity index (χ1) is 6.20. The van der Waals surface area contributed by atoms with E-state index >= 15 is 0 Å². The number of methoxy groups -OCH3 is 1. The van der Waals surface area contributed by atoms with Crippen molar-refractivity contribution in [2.75, 3.05) is 7.11 Å². The number of hydrogen-bond donors (Lipinski definition) is 0. The van der Waals surface area contributed by atoms with Gasteiger partial charge < -0.3 is 4.74 Å². The minimum absolute atomic E-state index is 0.0868. The Hall–Kier alpha value is -0.710. The number of hydrogen-bond acceptors (Lipinski definition) is 2. The van der Waals surface area contributed by atoms with Crippen LogP contribution < -0.4 is 4.74 Å². The summed E-state index contributed by atoms with van der Waals surface area (Å²) >= 11 is 3.13. The molecule has 72 valence electrons. The fraction of sp³-hybridized carbons (Fsp3) is 0.375. The van der Waals surface area contributed by atoms with E-state index in [2.05, 4.69) is 20.9 Å². The van der Waals surface area contributed by atoms with Crippen LogP contribution in [0.4, 0.5) is 8.78 Å². The molecule has 0 radical (unpaired) electrons. The van der Waals surface area contributed by atoms with Crippen molar-refractivity contribution in [3.05, 3.63) is 23.5 Å². The van der Waals surface area contributed by atoms with Crippen LogP contribution in [0.5, 0.6) is 5.75 Å². The molecule has 1 aromatic rings. The average Bonchev–Trinajstić information content (AvgIpc) is 2.16. The van der Waals surface area contributed by atoms with Crippen molar-refractivity contribution in [3.63, 3.8) is 0 Å². The molecular formula is C8H8BrF2NO. The number of pyridine rings is 1. The van der Waals surface area contributed by atoms with Crippen LogP contribution in [0, 0.1) is 0 Å². The lowest BCUT2D eigenvalue weighted by Gasteiger charge is -2.09. The van der Waals surface area contributed by atoms with Crippen molar-refractivity contribution >= 4 is 15.9 Å². The molecule has 0 fully saturated rings. The number of nitrogens with zero attached hydrogens (tertiary/aromatic N) is 1. The van der Waals surface area contributed by atoms with Gasteiger partial charge in [-0.05, 0) is 0 Å². The third-order valence-corrected chi connectivity index (χ3v) is 2.20. The molecule has 0 saturated heterocycles. The van der Waals surface area contributed by atoms with E-state index < -0.39 is 6.43 Å². The van der Waals surface area contributed by atoms with Crippen LogP contribution in [0.3, 0.4) is 0 Å². The second-order valence-corrected chi connectivity index (χ2v) is 2.90. The van der Waals surface area contributed by atoms with E-state index in [1.54, 1.807) is 0 Å². The van der Waals surface area contributed by atoms with Crippen LogP contribution in [0.1, 0.15) is 17.6 Å². The van der Waals surface area contributed by atoms with Crippen molar-refractivity contribution in [3.8, 4) is 5.75 Å². The largest absolute Gasteiger partial charge is 0.495 e. The molecule has 0 aliphatic carbocycles. The molecule has 0 atom stereocenters. The summed E-state index contributed by atoms with van der Waals surface area (Å²) in [6, 6.07) is 0. The van der Waals surface area contributed by atoms with Gasteiger partial charge in [-0.15, -0.1) is 0 Å². The third kappa shape index (κ3) is 2.15. The van der Waals surface area contributed by atoms with Crippen LogP contribution in [-0.2, 0) is 5.33 Å². The quantitative estimate of drug-likeness (QED) is 0.771. The summed E-state index contributed by atoms with van der Waals surface area (Å²) in [5.74, 6) is 0.384. The number of alkyl halides is 3. The van der Waals surface area contributed by atoms with Crippen LogP contribution in [0.2, 0.25) is 0 Å². The van der Waals surface area contributed by atoms with Crippen LogP contribution in [-0.4, -0.2) is 12.1 Å². The minimum Gasteiger partial charge on any atom is -0.495 e. The van der Waals surface area contributed by atoms with Crippen molar-refractivity contribution in [2.24, 2.45) is 0 Å². The van der Waals surface area contributed by atoms with Gasteiger partial charge >= 0.3 is 0 Å². The van der Waals surface area contributed by atoms with E-state index in [9.17, 15) is 8.78 Å². The molecule has 1 heterocycles. The smallest absolute Gasteiger partial charge is 0.265 e. The predicted molar refractivity (Wildman–Crippen MR) is 48.4 cm³/mol. The Bertz CT molecular complexity index is 293. The number of rotatable bonds is 3. The SMILES string of the molecule is COc1cncc(C(F)F)c1CBr. The predicted octanol–water partition coefficient (Wildman–Crippen LogP) is 2.92. The third-order valence-electron chi connectivity index (χ3n) is 1.64. The molecule has 2 nitrogen and oxygen atoms in total. The Balaban J connectivity index is 3.19. The Morgan fingerprint density at radius 2 is 2.23 bits per heavy atom. The zero-order valence-corrected chi connectivity index (χ0v) is 8.51. The van der Waals surface area contributed by atoms with Gasteiger partial charge in [-0.2, -0.15) is 0 Å². The molecule has 0 spiro atoms. The highest BCUT2D eigenvalue weighted by Crippen LogP contribution is 2.30. The van der Waals surface area contributed by atoms with Crippen LogP contribution in [0.15, 0.2) is 12.4 Å². The Morgan fingerprint density at radius 1 is 1.54 bits per heavy atom. The van der Waals surface area contributed by atoms with E-state index in [0.29, 0.717) is 16.6 Å². The van der Waals surface area contributed by atoms with Gasteiger partial charge in [-0.3, -0.25) is 4.98 Å². The Kier molecular flexibility index (Phi) is 3.59. The van der Waals surface area contributed by atoms with E-state index in [4.69, 9.17) is 4.74 Å². The van der Waals surface area contributed by atoms with Crippen molar-refractivity contribution in [1.29, 1.82) is 0 Å². The van der Waals surface area contributed by atoms with Gasteiger partial charge in [0.15, 0.2) is 0 Å². The molecular weight excluding hydrogens is 244 g/mol. The molecule has 0 bridgehead atoms. The maximum atomic E-state index is 12.4. The lowest BCUT2D eigenvalue weighted by molar-refractivity contribution is 0.149. The maximum absolute atomic E-state index is 12.4. The van der Waals surface area contributed by atoms with Crippen LogP contribution in [0.25, 0.3) is 0 Å². The summed E-state index contributed by atoms with van der Waals surface area (Å²) < 4.78 is 29.7. The summed E-state index contributed by atoms with van der Waals surface area (Å²) in [7, 11) is 1.43. The fourth-order valence-corrected chi connectivity index (χ4v) is 1.59. The second-order valence-electron chi connectivity index (χ2n) is 2.34. The van der Waals surface area contributed by atoms with Crippen LogP contribution >= 0.6 is 15.9 Å². The van der Waals surface area contributed by atoms with E-state index in [1.165, 1.54) is 13.3 Å². The highest BCUT2D eigenvalue weighted by molar-refractivity contribution is 9.08. The topological polar surface area (TPSA) is 22.1 Å². The average molecular weight is 252 g/mol. The van der Waals surface area contributed by atoms with Crippen molar-refractivity contribution in [2.45, 2.75) is 11.8 Å². The maximum Gasteiger partial charge on any atom is 0.265 e. The summed E-state index contributed by atoms with van der Waals surface area (Å²) in [6.45, 7) is 0. The standard InChI is InChI=1S/C8H8BrF2NO/c1-13-7-4-12-3-6(8(10)11)5(7)2-9/h3-4,8H,2H2,1H3. The molecule has 0 amide bonds. The van der Waals surface area contributed by atoms with Gasteiger partial charge in [0.2, 0.25) is 0 Å². The normalized spacial score (nSPS) is 10.5. The summed E-state index contributed by atoms with van der Waals surface area (Å²) in [4.78, 5) is 3.66. The van der Waals surface area contributed by atoms with Gasteiger partial charge in [0, 0.05) is 22.7 Å². The van der Waals surface area contributed by atoms with E-state index in [-0.39, 0.29) is 5.56 Å². The molecule has 1 rings (SSSR count). The van der Waals surface area contributed by atoms with Crippen molar-refractivity contribution in [1.82, 2.24) is 4.98 Å². The van der Waals surface area contributed by atoms with Gasteiger partial charge in [-0.25, -0.2) is 8.78 Å². The molecule has 1 aromatic heterocycles. The molecule has 0 aliphatic rings. The first-order valence-corrected chi connectivity index (χ1v) is 4.67. The fourth-order valence-electron chi connectivity index (χ4n) is 0.990. The number of ether oxygens (including phenoxy) is 1. The Morgan fingerprint density at radius 3 is 2.69 bits per heavy atom. The molecule has 0 aliphatic heterocycles. The highest BCUT2D eigenvalue weighted by Gasteiger charge is 2.16. The second kappa shape index (κ2) is 4.50. The summed E-state index contributed by atoms with van der Waals surface area (Å²) in [5, 5.41) is 0.332. The Labute approximate surface area is 83.1 Å².